The lowest BCUT2D eigenvalue weighted by Crippen LogP contribution is -2.20. The molecule has 0 saturated heterocycles. The normalized spacial score (nSPS) is 14.4. The number of carbonyl (C=O) groups is 1. The van der Waals surface area contributed by atoms with Crippen LogP contribution in [0.1, 0.15) is 47.4 Å². The standard InChI is InChI=1S/C15H16N2O4/c1-3-21-15(20)10-13(18)9-6-7(2)16-11(8-4-5-8)12(9)17-14(10)19/h6,8H,3-5H2,1-2H3,(H2,17,18,19). The van der Waals surface area contributed by atoms with E-state index in [4.69, 9.17) is 4.74 Å². The van der Waals surface area contributed by atoms with Crippen LogP contribution in [0.4, 0.5) is 0 Å². The Morgan fingerprint density at radius 3 is 2.86 bits per heavy atom. The van der Waals surface area contributed by atoms with Crippen LogP contribution in [-0.2, 0) is 4.74 Å². The minimum absolute atomic E-state index is 0.137. The Hall–Kier alpha value is -2.37. The molecule has 2 aromatic heterocycles. The zero-order valence-corrected chi connectivity index (χ0v) is 11.9. The fourth-order valence-corrected chi connectivity index (χ4v) is 2.48. The van der Waals surface area contributed by atoms with E-state index in [1.165, 1.54) is 0 Å². The van der Waals surface area contributed by atoms with Crippen LogP contribution in [0.5, 0.6) is 5.75 Å². The van der Waals surface area contributed by atoms with Crippen molar-refractivity contribution in [2.75, 3.05) is 6.61 Å². The largest absolute Gasteiger partial charge is 0.506 e. The summed E-state index contributed by atoms with van der Waals surface area (Å²) in [7, 11) is 0. The first-order valence-electron chi connectivity index (χ1n) is 6.96. The lowest BCUT2D eigenvalue weighted by atomic mass is 10.1. The summed E-state index contributed by atoms with van der Waals surface area (Å²) in [5.41, 5.74) is 1.04. The maximum atomic E-state index is 12.1. The zero-order valence-electron chi connectivity index (χ0n) is 11.9. The van der Waals surface area contributed by atoms with Crippen molar-refractivity contribution in [1.29, 1.82) is 0 Å². The van der Waals surface area contributed by atoms with E-state index in [0.29, 0.717) is 16.8 Å². The summed E-state index contributed by atoms with van der Waals surface area (Å²) in [4.78, 5) is 31.1. The van der Waals surface area contributed by atoms with Crippen molar-refractivity contribution in [2.45, 2.75) is 32.6 Å². The number of pyridine rings is 2. The highest BCUT2D eigenvalue weighted by molar-refractivity contribution is 6.00. The number of nitrogens with zero attached hydrogens (tertiary/aromatic N) is 1. The molecule has 6 nitrogen and oxygen atoms in total. The SMILES string of the molecule is CCOC(=O)c1c(O)c2cc(C)nc(C3CC3)c2[nH]c1=O. The summed E-state index contributed by atoms with van der Waals surface area (Å²) in [6.45, 7) is 3.60. The number of hydrogen-bond donors (Lipinski definition) is 2. The van der Waals surface area contributed by atoms with Crippen LogP contribution in [0, 0.1) is 6.92 Å². The molecular weight excluding hydrogens is 272 g/mol. The average Bonchev–Trinajstić information content (AvgIpc) is 3.24. The molecule has 1 aliphatic rings. The van der Waals surface area contributed by atoms with Crippen molar-refractivity contribution >= 4 is 16.9 Å². The summed E-state index contributed by atoms with van der Waals surface area (Å²) < 4.78 is 4.82. The van der Waals surface area contributed by atoms with Crippen molar-refractivity contribution in [2.24, 2.45) is 0 Å². The first kappa shape index (κ1) is 13.6. The van der Waals surface area contributed by atoms with Crippen LogP contribution in [0.15, 0.2) is 10.9 Å². The van der Waals surface area contributed by atoms with Crippen LogP contribution >= 0.6 is 0 Å². The number of aromatic nitrogens is 2. The minimum Gasteiger partial charge on any atom is -0.506 e. The molecule has 0 amide bonds. The summed E-state index contributed by atoms with van der Waals surface area (Å²) in [5.74, 6) is -0.837. The molecule has 0 aliphatic heterocycles. The second kappa shape index (κ2) is 4.87. The summed E-state index contributed by atoms with van der Waals surface area (Å²) in [5, 5.41) is 10.8. The third-order valence-electron chi connectivity index (χ3n) is 3.58. The van der Waals surface area contributed by atoms with Crippen molar-refractivity contribution in [3.05, 3.63) is 33.4 Å². The van der Waals surface area contributed by atoms with E-state index in [1.54, 1.807) is 13.0 Å². The molecule has 0 spiro atoms. The fraction of sp³-hybridized carbons (Fsp3) is 0.400. The molecule has 1 aliphatic carbocycles. The number of esters is 1. The summed E-state index contributed by atoms with van der Waals surface area (Å²) in [6.07, 6.45) is 2.04. The van der Waals surface area contributed by atoms with Gasteiger partial charge in [-0.25, -0.2) is 4.79 Å². The van der Waals surface area contributed by atoms with E-state index in [0.717, 1.165) is 24.2 Å². The Labute approximate surface area is 120 Å². The van der Waals surface area contributed by atoms with Gasteiger partial charge in [-0.2, -0.15) is 0 Å². The molecular formula is C15H16N2O4. The number of hydrogen-bond acceptors (Lipinski definition) is 5. The van der Waals surface area contributed by atoms with Crippen LogP contribution in [-0.4, -0.2) is 27.7 Å². The fourth-order valence-electron chi connectivity index (χ4n) is 2.48. The predicted octanol–water partition coefficient (Wildman–Crippen LogP) is 1.99. The van der Waals surface area contributed by atoms with Crippen molar-refractivity contribution in [3.63, 3.8) is 0 Å². The molecule has 2 aromatic rings. The van der Waals surface area contributed by atoms with E-state index in [-0.39, 0.29) is 17.9 Å². The van der Waals surface area contributed by atoms with E-state index in [2.05, 4.69) is 9.97 Å². The number of fused-ring (bicyclic) bond motifs is 1. The molecule has 110 valence electrons. The Morgan fingerprint density at radius 1 is 1.52 bits per heavy atom. The number of carbonyl (C=O) groups excluding carboxylic acids is 1. The van der Waals surface area contributed by atoms with Crippen molar-refractivity contribution in [1.82, 2.24) is 9.97 Å². The number of rotatable bonds is 3. The maximum Gasteiger partial charge on any atom is 0.347 e. The van der Waals surface area contributed by atoms with E-state index < -0.39 is 11.5 Å². The quantitative estimate of drug-likeness (QED) is 0.843. The number of ether oxygens (including phenoxy) is 1. The number of aryl methyl sites for hydroxylation is 1. The number of aromatic hydroxyl groups is 1. The Morgan fingerprint density at radius 2 is 2.24 bits per heavy atom. The molecule has 2 N–H and O–H groups in total. The van der Waals surface area contributed by atoms with Crippen molar-refractivity contribution < 1.29 is 14.6 Å². The Bertz CT molecular complexity index is 790. The number of nitrogens with one attached hydrogen (secondary N) is 1. The van der Waals surface area contributed by atoms with Gasteiger partial charge < -0.3 is 14.8 Å². The van der Waals surface area contributed by atoms with E-state index >= 15 is 0 Å². The van der Waals surface area contributed by atoms with Crippen LogP contribution in [0.3, 0.4) is 0 Å². The predicted molar refractivity (Wildman–Crippen MR) is 76.7 cm³/mol. The highest BCUT2D eigenvalue weighted by Gasteiger charge is 2.30. The second-order valence-corrected chi connectivity index (χ2v) is 5.24. The van der Waals surface area contributed by atoms with E-state index in [1.807, 2.05) is 6.92 Å². The van der Waals surface area contributed by atoms with E-state index in [9.17, 15) is 14.7 Å². The first-order chi connectivity index (χ1) is 10.0. The van der Waals surface area contributed by atoms with Gasteiger partial charge >= 0.3 is 5.97 Å². The molecule has 1 saturated carbocycles. The molecule has 1 fully saturated rings. The topological polar surface area (TPSA) is 92.3 Å². The third-order valence-corrected chi connectivity index (χ3v) is 3.58. The molecule has 0 radical (unpaired) electrons. The van der Waals surface area contributed by atoms with Gasteiger partial charge in [0.1, 0.15) is 5.75 Å². The first-order valence-corrected chi connectivity index (χ1v) is 6.96. The van der Waals surface area contributed by atoms with Gasteiger partial charge in [0.2, 0.25) is 0 Å². The highest BCUT2D eigenvalue weighted by Crippen LogP contribution is 2.42. The molecule has 0 atom stereocenters. The molecule has 0 aromatic carbocycles. The maximum absolute atomic E-state index is 12.1. The lowest BCUT2D eigenvalue weighted by molar-refractivity contribution is 0.0521. The van der Waals surface area contributed by atoms with Crippen LogP contribution in [0.2, 0.25) is 0 Å². The van der Waals surface area contributed by atoms with Gasteiger partial charge in [0.25, 0.3) is 5.56 Å². The monoisotopic (exact) mass is 288 g/mol. The smallest absolute Gasteiger partial charge is 0.347 e. The molecule has 3 rings (SSSR count). The van der Waals surface area contributed by atoms with Gasteiger partial charge in [-0.3, -0.25) is 9.78 Å². The second-order valence-electron chi connectivity index (χ2n) is 5.24. The van der Waals surface area contributed by atoms with Gasteiger partial charge in [0.05, 0.1) is 17.8 Å². The minimum atomic E-state index is -0.819. The highest BCUT2D eigenvalue weighted by atomic mass is 16.5. The Balaban J connectivity index is 2.30. The van der Waals surface area contributed by atoms with Gasteiger partial charge in [-0.05, 0) is 32.8 Å². The van der Waals surface area contributed by atoms with Gasteiger partial charge in [-0.1, -0.05) is 0 Å². The lowest BCUT2D eigenvalue weighted by Gasteiger charge is -2.10. The van der Waals surface area contributed by atoms with Crippen molar-refractivity contribution in [3.8, 4) is 5.75 Å². The molecule has 21 heavy (non-hydrogen) atoms. The zero-order chi connectivity index (χ0) is 15.1. The molecule has 2 heterocycles. The van der Waals surface area contributed by atoms with Crippen LogP contribution < -0.4 is 5.56 Å². The van der Waals surface area contributed by atoms with Gasteiger partial charge in [0.15, 0.2) is 5.56 Å². The molecule has 6 heteroatoms. The summed E-state index contributed by atoms with van der Waals surface area (Å²) in [6, 6.07) is 1.66. The summed E-state index contributed by atoms with van der Waals surface area (Å²) >= 11 is 0. The number of H-pyrrole nitrogens is 1. The number of aromatic amines is 1. The molecule has 0 bridgehead atoms. The Kier molecular flexibility index (Phi) is 3.16. The van der Waals surface area contributed by atoms with Gasteiger partial charge in [0, 0.05) is 17.0 Å². The van der Waals surface area contributed by atoms with Crippen LogP contribution in [0.25, 0.3) is 10.9 Å². The average molecular weight is 288 g/mol. The van der Waals surface area contributed by atoms with Gasteiger partial charge in [-0.15, -0.1) is 0 Å². The third kappa shape index (κ3) is 2.26. The molecule has 0 unspecified atom stereocenters.